The van der Waals surface area contributed by atoms with Crippen molar-refractivity contribution in [2.24, 2.45) is 52.3 Å². The molecule has 4 fully saturated rings. The van der Waals surface area contributed by atoms with Crippen LogP contribution in [0.25, 0.3) is 0 Å². The van der Waals surface area contributed by atoms with Crippen molar-refractivity contribution in [1.29, 1.82) is 0 Å². The lowest BCUT2D eigenvalue weighted by atomic mass is 9.43. The Labute approximate surface area is 194 Å². The summed E-state index contributed by atoms with van der Waals surface area (Å²) < 4.78 is 0. The first-order valence-corrected chi connectivity index (χ1v) is 13.4. The summed E-state index contributed by atoms with van der Waals surface area (Å²) in [6.45, 7) is 7.11. The van der Waals surface area contributed by atoms with Crippen molar-refractivity contribution in [1.82, 2.24) is 0 Å². The fourth-order valence-electron chi connectivity index (χ4n) is 9.30. The van der Waals surface area contributed by atoms with Crippen molar-refractivity contribution in [3.63, 3.8) is 0 Å². The maximum Gasteiger partial charge on any atom is 0.0602 e. The third kappa shape index (κ3) is 3.98. The molecule has 4 rings (SSSR count). The molecule has 0 aromatic carbocycles. The van der Waals surface area contributed by atoms with Gasteiger partial charge in [0.25, 0.3) is 0 Å². The summed E-state index contributed by atoms with van der Waals surface area (Å²) in [5, 5.41) is 52.0. The van der Waals surface area contributed by atoms with Crippen LogP contribution < -0.4 is 0 Å². The Balaban J connectivity index is 1.50. The Morgan fingerprint density at radius 2 is 1.59 bits per heavy atom. The third-order valence-corrected chi connectivity index (χ3v) is 11.3. The molecule has 0 radical (unpaired) electrons. The molecule has 32 heavy (non-hydrogen) atoms. The largest absolute Gasteiger partial charge is 0.396 e. The van der Waals surface area contributed by atoms with Gasteiger partial charge in [-0.25, -0.2) is 0 Å². The highest BCUT2D eigenvalue weighted by Crippen LogP contribution is 2.68. The molecule has 0 saturated heterocycles. The zero-order valence-corrected chi connectivity index (χ0v) is 20.5. The van der Waals surface area contributed by atoms with E-state index in [0.717, 1.165) is 64.2 Å². The van der Waals surface area contributed by atoms with E-state index in [1.807, 2.05) is 0 Å². The lowest BCUT2D eigenvalue weighted by molar-refractivity contribution is -0.207. The Morgan fingerprint density at radius 3 is 2.28 bits per heavy atom. The second-order valence-corrected chi connectivity index (χ2v) is 12.7. The van der Waals surface area contributed by atoms with Crippen molar-refractivity contribution >= 4 is 0 Å². The van der Waals surface area contributed by atoms with Gasteiger partial charge in [-0.05, 0) is 97.7 Å². The molecule has 5 N–H and O–H groups in total. The molecule has 4 aliphatic rings. The summed E-state index contributed by atoms with van der Waals surface area (Å²) in [4.78, 5) is 0. The summed E-state index contributed by atoms with van der Waals surface area (Å²) in [6, 6.07) is 0. The lowest BCUT2D eigenvalue weighted by Crippen LogP contribution is -2.62. The highest BCUT2D eigenvalue weighted by Gasteiger charge is 2.65. The summed E-state index contributed by atoms with van der Waals surface area (Å²) in [5.41, 5.74) is -0.0228. The molecule has 5 nitrogen and oxygen atoms in total. The van der Waals surface area contributed by atoms with Crippen molar-refractivity contribution < 1.29 is 25.5 Å². The van der Waals surface area contributed by atoms with Crippen LogP contribution in [0.2, 0.25) is 0 Å². The van der Waals surface area contributed by atoms with Gasteiger partial charge < -0.3 is 25.5 Å². The third-order valence-electron chi connectivity index (χ3n) is 11.3. The van der Waals surface area contributed by atoms with Crippen LogP contribution in [0.5, 0.6) is 0 Å². The SMILES string of the molecule is C[C@H](CCCC(CO)CO)[C@H]1CC[C@H]2[C@H]3[C@H](O)C[C@H]4C[C@H](O)CC[C@]4(C)[C@H]3C[C@H](O)[C@@]12C. The minimum Gasteiger partial charge on any atom is -0.396 e. The molecular weight excluding hydrogens is 404 g/mol. The predicted molar refractivity (Wildman–Crippen MR) is 125 cm³/mol. The van der Waals surface area contributed by atoms with Crippen LogP contribution in [0.4, 0.5) is 0 Å². The van der Waals surface area contributed by atoms with Gasteiger partial charge >= 0.3 is 0 Å². The molecule has 5 heteroatoms. The Bertz CT molecular complexity index is 638. The molecule has 0 spiro atoms. The van der Waals surface area contributed by atoms with Gasteiger partial charge in [0.15, 0.2) is 0 Å². The number of hydrogen-bond donors (Lipinski definition) is 5. The predicted octanol–water partition coefficient (Wildman–Crippen LogP) is 3.36. The van der Waals surface area contributed by atoms with Gasteiger partial charge in [-0.3, -0.25) is 0 Å². The average molecular weight is 453 g/mol. The fraction of sp³-hybridized carbons (Fsp3) is 1.00. The first-order valence-electron chi connectivity index (χ1n) is 13.4. The molecule has 0 aliphatic heterocycles. The zero-order valence-electron chi connectivity index (χ0n) is 20.5. The lowest BCUT2D eigenvalue weighted by Gasteiger charge is -2.63. The molecule has 11 atom stereocenters. The van der Waals surface area contributed by atoms with Crippen molar-refractivity contribution in [2.45, 2.75) is 103 Å². The van der Waals surface area contributed by atoms with Gasteiger partial charge in [0, 0.05) is 19.1 Å². The summed E-state index contributed by atoms with van der Waals surface area (Å²) in [5.74, 6) is 2.27. The van der Waals surface area contributed by atoms with E-state index in [0.29, 0.717) is 29.6 Å². The highest BCUT2D eigenvalue weighted by molar-refractivity contribution is 5.14. The van der Waals surface area contributed by atoms with Gasteiger partial charge in [0.1, 0.15) is 0 Å². The van der Waals surface area contributed by atoms with Gasteiger partial charge in [-0.2, -0.15) is 0 Å². The molecular formula is C27H48O5. The van der Waals surface area contributed by atoms with E-state index in [-0.39, 0.29) is 54.2 Å². The van der Waals surface area contributed by atoms with Crippen molar-refractivity contribution in [3.05, 3.63) is 0 Å². The van der Waals surface area contributed by atoms with Crippen LogP contribution in [0.1, 0.15) is 85.0 Å². The maximum absolute atomic E-state index is 11.6. The van der Waals surface area contributed by atoms with E-state index in [4.69, 9.17) is 0 Å². The molecule has 0 unspecified atom stereocenters. The van der Waals surface area contributed by atoms with Crippen LogP contribution in [0, 0.1) is 52.3 Å². The van der Waals surface area contributed by atoms with Crippen molar-refractivity contribution in [2.75, 3.05) is 13.2 Å². The van der Waals surface area contributed by atoms with Crippen LogP contribution in [-0.2, 0) is 0 Å². The first kappa shape index (κ1) is 24.9. The molecule has 0 bridgehead atoms. The fourth-order valence-corrected chi connectivity index (χ4v) is 9.30. The van der Waals surface area contributed by atoms with Gasteiger partial charge in [0.2, 0.25) is 0 Å². The molecule has 0 aromatic heterocycles. The van der Waals surface area contributed by atoms with E-state index in [1.165, 1.54) is 0 Å². The average Bonchev–Trinajstić information content (AvgIpc) is 3.12. The summed E-state index contributed by atoms with van der Waals surface area (Å²) in [6.07, 6.45) is 8.51. The molecule has 186 valence electrons. The van der Waals surface area contributed by atoms with Gasteiger partial charge in [0.05, 0.1) is 18.3 Å². The standard InChI is InChI=1S/C27H48O5/c1-16(5-4-6-17(14-28)15-29)20-7-8-21-25-22(13-24(32)27(20,21)3)26(2)10-9-19(30)11-18(26)12-23(25)31/h16-25,28-32H,4-15H2,1-3H3/t16-,18-,19-,20-,21+,22+,23-,24+,25-,26+,27+/m1/s1. The molecule has 0 heterocycles. The Hall–Kier alpha value is -0.200. The highest BCUT2D eigenvalue weighted by atomic mass is 16.3. The topological polar surface area (TPSA) is 101 Å². The van der Waals surface area contributed by atoms with E-state index in [9.17, 15) is 25.5 Å². The monoisotopic (exact) mass is 452 g/mol. The first-order chi connectivity index (χ1) is 15.2. The van der Waals surface area contributed by atoms with Crippen LogP contribution in [0.15, 0.2) is 0 Å². The normalized spacial score (nSPS) is 49.4. The smallest absolute Gasteiger partial charge is 0.0602 e. The molecule has 0 aromatic rings. The quantitative estimate of drug-likeness (QED) is 0.408. The number of rotatable bonds is 7. The second-order valence-electron chi connectivity index (χ2n) is 12.7. The number of hydrogen-bond acceptors (Lipinski definition) is 5. The summed E-state index contributed by atoms with van der Waals surface area (Å²) in [7, 11) is 0. The number of aliphatic hydroxyl groups excluding tert-OH is 5. The van der Waals surface area contributed by atoms with E-state index >= 15 is 0 Å². The zero-order chi connectivity index (χ0) is 23.3. The molecule has 4 saturated carbocycles. The minimum absolute atomic E-state index is 0.0183. The van der Waals surface area contributed by atoms with Crippen molar-refractivity contribution in [3.8, 4) is 0 Å². The van der Waals surface area contributed by atoms with Crippen LogP contribution in [0.3, 0.4) is 0 Å². The Kier molecular flexibility index (Phi) is 7.36. The Morgan fingerprint density at radius 1 is 0.875 bits per heavy atom. The molecule has 4 aliphatic carbocycles. The van der Waals surface area contributed by atoms with Gasteiger partial charge in [-0.15, -0.1) is 0 Å². The number of aliphatic hydroxyl groups is 5. The molecule has 0 amide bonds. The van der Waals surface area contributed by atoms with Crippen LogP contribution in [-0.4, -0.2) is 57.1 Å². The minimum atomic E-state index is -0.332. The van der Waals surface area contributed by atoms with E-state index < -0.39 is 0 Å². The second kappa shape index (κ2) is 9.45. The maximum atomic E-state index is 11.6. The summed E-state index contributed by atoms with van der Waals surface area (Å²) >= 11 is 0. The number of fused-ring (bicyclic) bond motifs is 5. The van der Waals surface area contributed by atoms with E-state index in [2.05, 4.69) is 20.8 Å². The van der Waals surface area contributed by atoms with Gasteiger partial charge in [-0.1, -0.05) is 33.6 Å². The van der Waals surface area contributed by atoms with Crippen LogP contribution >= 0.6 is 0 Å². The van der Waals surface area contributed by atoms with E-state index in [1.54, 1.807) is 0 Å².